The van der Waals surface area contributed by atoms with Crippen molar-refractivity contribution in [1.29, 1.82) is 0 Å². The molecule has 1 amide bonds. The third-order valence-corrected chi connectivity index (χ3v) is 2.92. The first kappa shape index (κ1) is 13.4. The molecule has 0 bridgehead atoms. The lowest BCUT2D eigenvalue weighted by Crippen LogP contribution is -2.52. The minimum Gasteiger partial charge on any atom is -0.426 e. The second-order valence-electron chi connectivity index (χ2n) is 4.57. The zero-order valence-electron chi connectivity index (χ0n) is 9.51. The number of alkyl halides is 1. The van der Waals surface area contributed by atoms with E-state index in [-0.39, 0.29) is 18.9 Å². The summed E-state index contributed by atoms with van der Waals surface area (Å²) in [4.78, 5) is 13.0. The first-order valence-electron chi connectivity index (χ1n) is 5.40. The van der Waals surface area contributed by atoms with Crippen LogP contribution in [0.4, 0.5) is 4.39 Å². The number of rotatable bonds is 3. The Bertz CT molecular complexity index is 265. The molecule has 7 heteroatoms. The van der Waals surface area contributed by atoms with E-state index in [1.54, 1.807) is 13.8 Å². The summed E-state index contributed by atoms with van der Waals surface area (Å²) < 4.78 is 13.2. The quantitative estimate of drug-likeness (QED) is 0.540. The zero-order chi connectivity index (χ0) is 12.5. The lowest BCUT2D eigenvalue weighted by atomic mass is 9.77. The molecule has 1 saturated heterocycles. The second kappa shape index (κ2) is 5.12. The number of likely N-dealkylation sites (tertiary alicyclic amines) is 1. The van der Waals surface area contributed by atoms with E-state index in [1.165, 1.54) is 0 Å². The van der Waals surface area contributed by atoms with Crippen molar-refractivity contribution in [2.75, 3.05) is 6.54 Å². The molecule has 1 aliphatic rings. The molecule has 0 aromatic carbocycles. The standard InChI is InChI=1S/C9H18BFN2O3/c1-5(2)8(12)9(14)13-4-6(11)3-7(13)10(15)16/h5-8,15-16H,3-4,12H2,1-2H3/t6-,7-,8?/m0/s1. The number of hydrogen-bond donors (Lipinski definition) is 3. The maximum Gasteiger partial charge on any atom is 0.475 e. The van der Waals surface area contributed by atoms with Gasteiger partial charge in [-0.25, -0.2) is 4.39 Å². The van der Waals surface area contributed by atoms with Gasteiger partial charge >= 0.3 is 7.12 Å². The van der Waals surface area contributed by atoms with Crippen molar-refractivity contribution >= 4 is 13.0 Å². The van der Waals surface area contributed by atoms with E-state index < -0.39 is 31.2 Å². The van der Waals surface area contributed by atoms with Crippen molar-refractivity contribution in [3.05, 3.63) is 0 Å². The van der Waals surface area contributed by atoms with E-state index in [0.29, 0.717) is 0 Å². The van der Waals surface area contributed by atoms with Gasteiger partial charge in [0.15, 0.2) is 0 Å². The van der Waals surface area contributed by atoms with Crippen LogP contribution in [-0.2, 0) is 4.79 Å². The van der Waals surface area contributed by atoms with Gasteiger partial charge in [-0.2, -0.15) is 0 Å². The van der Waals surface area contributed by atoms with Crippen molar-refractivity contribution in [3.8, 4) is 0 Å². The van der Waals surface area contributed by atoms with Crippen LogP contribution in [0.15, 0.2) is 0 Å². The molecule has 1 rings (SSSR count). The van der Waals surface area contributed by atoms with Crippen LogP contribution >= 0.6 is 0 Å². The topological polar surface area (TPSA) is 86.8 Å². The number of hydrogen-bond acceptors (Lipinski definition) is 4. The maximum absolute atomic E-state index is 13.2. The summed E-state index contributed by atoms with van der Waals surface area (Å²) >= 11 is 0. The fourth-order valence-electron chi connectivity index (χ4n) is 1.83. The first-order chi connectivity index (χ1) is 7.34. The molecule has 5 nitrogen and oxygen atoms in total. The van der Waals surface area contributed by atoms with Crippen molar-refractivity contribution in [2.45, 2.75) is 38.4 Å². The minimum absolute atomic E-state index is 0.0474. The van der Waals surface area contributed by atoms with Gasteiger partial charge in [-0.3, -0.25) is 4.79 Å². The highest BCUT2D eigenvalue weighted by Crippen LogP contribution is 2.22. The average Bonchev–Trinajstić information content (AvgIpc) is 2.58. The summed E-state index contributed by atoms with van der Waals surface area (Å²) in [6.07, 6.45) is -1.26. The van der Waals surface area contributed by atoms with Gasteiger partial charge < -0.3 is 20.7 Å². The summed E-state index contributed by atoms with van der Waals surface area (Å²) in [7, 11) is -1.72. The SMILES string of the molecule is CC(C)C(N)C(=O)N1C[C@@H](F)C[C@H]1B(O)O. The Morgan fingerprint density at radius 2 is 2.12 bits per heavy atom. The van der Waals surface area contributed by atoms with Crippen LogP contribution in [0.25, 0.3) is 0 Å². The lowest BCUT2D eigenvalue weighted by Gasteiger charge is -2.27. The monoisotopic (exact) mass is 232 g/mol. The number of nitrogens with zero attached hydrogens (tertiary/aromatic N) is 1. The Balaban J connectivity index is 2.74. The molecule has 0 saturated carbocycles. The number of amides is 1. The molecule has 1 fully saturated rings. The van der Waals surface area contributed by atoms with Crippen LogP contribution in [-0.4, -0.2) is 52.7 Å². The molecule has 0 spiro atoms. The molecule has 0 radical (unpaired) electrons. The van der Waals surface area contributed by atoms with E-state index in [2.05, 4.69) is 0 Å². The Morgan fingerprint density at radius 3 is 2.56 bits per heavy atom. The van der Waals surface area contributed by atoms with Crippen LogP contribution in [0, 0.1) is 5.92 Å². The van der Waals surface area contributed by atoms with Crippen LogP contribution in [0.1, 0.15) is 20.3 Å². The van der Waals surface area contributed by atoms with Crippen molar-refractivity contribution < 1.29 is 19.2 Å². The van der Waals surface area contributed by atoms with Gasteiger partial charge in [0, 0.05) is 0 Å². The summed E-state index contributed by atoms with van der Waals surface area (Å²) in [6.45, 7) is 3.47. The molecule has 3 atom stereocenters. The third kappa shape index (κ3) is 2.72. The summed E-state index contributed by atoms with van der Waals surface area (Å²) in [6, 6.07) is -0.730. The highest BCUT2D eigenvalue weighted by Gasteiger charge is 2.43. The number of halogens is 1. The van der Waals surface area contributed by atoms with E-state index in [0.717, 1.165) is 4.90 Å². The molecule has 4 N–H and O–H groups in total. The predicted octanol–water partition coefficient (Wildman–Crippen LogP) is -1.08. The Morgan fingerprint density at radius 1 is 1.56 bits per heavy atom. The number of carbonyl (C=O) groups is 1. The Kier molecular flexibility index (Phi) is 4.29. The second-order valence-corrected chi connectivity index (χ2v) is 4.57. The van der Waals surface area contributed by atoms with Gasteiger partial charge in [0.2, 0.25) is 5.91 Å². The highest BCUT2D eigenvalue weighted by atomic mass is 19.1. The van der Waals surface area contributed by atoms with Crippen molar-refractivity contribution in [1.82, 2.24) is 4.90 Å². The van der Waals surface area contributed by atoms with Gasteiger partial charge in [-0.15, -0.1) is 0 Å². The summed E-state index contributed by atoms with van der Waals surface area (Å²) in [5.74, 6) is -1.37. The van der Waals surface area contributed by atoms with Crippen LogP contribution in [0.3, 0.4) is 0 Å². The molecular formula is C9H18BFN2O3. The molecular weight excluding hydrogens is 214 g/mol. The van der Waals surface area contributed by atoms with E-state index >= 15 is 0 Å². The van der Waals surface area contributed by atoms with Crippen molar-refractivity contribution in [3.63, 3.8) is 0 Å². The van der Waals surface area contributed by atoms with Gasteiger partial charge in [-0.1, -0.05) is 13.8 Å². The van der Waals surface area contributed by atoms with Crippen LogP contribution in [0.5, 0.6) is 0 Å². The minimum atomic E-state index is -1.72. The summed E-state index contributed by atoms with van der Waals surface area (Å²) in [5, 5.41) is 18.1. The van der Waals surface area contributed by atoms with Crippen LogP contribution in [0.2, 0.25) is 0 Å². The molecule has 0 aromatic heterocycles. The molecule has 0 aromatic rings. The molecule has 1 aliphatic heterocycles. The smallest absolute Gasteiger partial charge is 0.426 e. The normalized spacial score (nSPS) is 27.3. The largest absolute Gasteiger partial charge is 0.475 e. The van der Waals surface area contributed by atoms with Gasteiger partial charge in [-0.05, 0) is 12.3 Å². The first-order valence-corrected chi connectivity index (χ1v) is 5.40. The van der Waals surface area contributed by atoms with Crippen LogP contribution < -0.4 is 5.73 Å². The molecule has 1 unspecified atom stereocenters. The van der Waals surface area contributed by atoms with E-state index in [9.17, 15) is 9.18 Å². The van der Waals surface area contributed by atoms with Gasteiger partial charge in [0.1, 0.15) is 6.17 Å². The number of nitrogens with two attached hydrogens (primary N) is 1. The van der Waals surface area contributed by atoms with E-state index in [4.69, 9.17) is 15.8 Å². The fraction of sp³-hybridized carbons (Fsp3) is 0.889. The molecule has 92 valence electrons. The molecule has 0 aliphatic carbocycles. The average molecular weight is 232 g/mol. The Hall–Kier alpha value is -0.655. The fourth-order valence-corrected chi connectivity index (χ4v) is 1.83. The number of carbonyl (C=O) groups excluding carboxylic acids is 1. The molecule has 1 heterocycles. The third-order valence-electron chi connectivity index (χ3n) is 2.92. The zero-order valence-corrected chi connectivity index (χ0v) is 9.51. The highest BCUT2D eigenvalue weighted by molar-refractivity contribution is 6.43. The van der Waals surface area contributed by atoms with Gasteiger partial charge in [0.05, 0.1) is 18.5 Å². The van der Waals surface area contributed by atoms with Crippen molar-refractivity contribution in [2.24, 2.45) is 11.7 Å². The maximum atomic E-state index is 13.2. The van der Waals surface area contributed by atoms with Gasteiger partial charge in [0.25, 0.3) is 0 Å². The Labute approximate surface area is 94.6 Å². The lowest BCUT2D eigenvalue weighted by molar-refractivity contribution is -0.133. The van der Waals surface area contributed by atoms with E-state index in [1.807, 2.05) is 0 Å². The molecule has 16 heavy (non-hydrogen) atoms. The summed E-state index contributed by atoms with van der Waals surface area (Å²) in [5.41, 5.74) is 5.67. The predicted molar refractivity (Wildman–Crippen MR) is 58.0 cm³/mol.